The maximum Gasteiger partial charge on any atom is 0.275 e. The number of carbonyl (C=O) groups excluding carboxylic acids is 1. The Morgan fingerprint density at radius 2 is 2.33 bits per heavy atom. The van der Waals surface area contributed by atoms with Crippen molar-refractivity contribution in [3.05, 3.63) is 40.1 Å². The third-order valence-electron chi connectivity index (χ3n) is 1.67. The predicted molar refractivity (Wildman–Crippen MR) is 59.3 cm³/mol. The smallest absolute Gasteiger partial charge is 0.275 e. The second-order valence-corrected chi connectivity index (χ2v) is 3.75. The number of thiazole rings is 1. The molecule has 76 valence electrons. The largest absolute Gasteiger partial charge is 0.318 e. The molecule has 0 bridgehead atoms. The van der Waals surface area contributed by atoms with Crippen molar-refractivity contribution in [2.45, 2.75) is 0 Å². The molecule has 6 heteroatoms. The molecule has 2 heterocycles. The van der Waals surface area contributed by atoms with Crippen LogP contribution in [0.1, 0.15) is 10.5 Å². The zero-order chi connectivity index (χ0) is 10.7. The van der Waals surface area contributed by atoms with Gasteiger partial charge in [0.2, 0.25) is 0 Å². The molecular weight excluding hydrogens is 234 g/mol. The van der Waals surface area contributed by atoms with Crippen molar-refractivity contribution in [1.82, 2.24) is 9.97 Å². The average Bonchev–Trinajstić information content (AvgIpc) is 2.74. The molecule has 0 saturated carbocycles. The second kappa shape index (κ2) is 4.37. The molecular formula is C9H6ClN3OS. The van der Waals surface area contributed by atoms with Gasteiger partial charge in [-0.25, -0.2) is 9.97 Å². The third-order valence-corrected chi connectivity index (χ3v) is 2.56. The van der Waals surface area contributed by atoms with Crippen LogP contribution >= 0.6 is 22.9 Å². The Bertz CT molecular complexity index is 472. The van der Waals surface area contributed by atoms with Gasteiger partial charge in [0.05, 0.1) is 11.2 Å². The van der Waals surface area contributed by atoms with Crippen LogP contribution in [0.5, 0.6) is 0 Å². The summed E-state index contributed by atoms with van der Waals surface area (Å²) >= 11 is 7.15. The summed E-state index contributed by atoms with van der Waals surface area (Å²) in [5.41, 5.74) is 2.46. The van der Waals surface area contributed by atoms with Crippen LogP contribution in [0.3, 0.4) is 0 Å². The molecule has 0 aromatic carbocycles. The van der Waals surface area contributed by atoms with Crippen molar-refractivity contribution in [3.63, 3.8) is 0 Å². The summed E-state index contributed by atoms with van der Waals surface area (Å²) in [5.74, 6) is -0.286. The van der Waals surface area contributed by atoms with Crippen LogP contribution in [0.4, 0.5) is 5.69 Å². The SMILES string of the molecule is O=C(Nc1cccnc1Cl)c1cscn1. The molecule has 0 aliphatic rings. The summed E-state index contributed by atoms with van der Waals surface area (Å²) in [4.78, 5) is 19.3. The molecule has 15 heavy (non-hydrogen) atoms. The average molecular weight is 240 g/mol. The van der Waals surface area contributed by atoms with Crippen LogP contribution in [-0.4, -0.2) is 15.9 Å². The van der Waals surface area contributed by atoms with E-state index in [0.29, 0.717) is 11.4 Å². The van der Waals surface area contributed by atoms with Crippen LogP contribution in [0.25, 0.3) is 0 Å². The molecule has 1 N–H and O–H groups in total. The van der Waals surface area contributed by atoms with Crippen molar-refractivity contribution in [2.75, 3.05) is 5.32 Å². The first kappa shape index (κ1) is 10.1. The number of nitrogens with one attached hydrogen (secondary N) is 1. The molecule has 1 amide bonds. The number of carbonyl (C=O) groups is 1. The van der Waals surface area contributed by atoms with E-state index >= 15 is 0 Å². The van der Waals surface area contributed by atoms with Crippen LogP contribution in [0.15, 0.2) is 29.2 Å². The van der Waals surface area contributed by atoms with Crippen molar-refractivity contribution < 1.29 is 4.79 Å². The Kier molecular flexibility index (Phi) is 2.94. The van der Waals surface area contributed by atoms with Crippen molar-refractivity contribution in [1.29, 1.82) is 0 Å². The number of hydrogen-bond donors (Lipinski definition) is 1. The lowest BCUT2D eigenvalue weighted by molar-refractivity contribution is 0.102. The lowest BCUT2D eigenvalue weighted by atomic mass is 10.4. The van der Waals surface area contributed by atoms with Gasteiger partial charge in [-0.05, 0) is 12.1 Å². The highest BCUT2D eigenvalue weighted by Gasteiger charge is 2.09. The summed E-state index contributed by atoms with van der Waals surface area (Å²) < 4.78 is 0. The van der Waals surface area contributed by atoms with Crippen LogP contribution in [-0.2, 0) is 0 Å². The lowest BCUT2D eigenvalue weighted by Gasteiger charge is -2.03. The maximum absolute atomic E-state index is 11.6. The van der Waals surface area contributed by atoms with Crippen LogP contribution in [0.2, 0.25) is 5.15 Å². The molecule has 0 aliphatic carbocycles. The number of aromatic nitrogens is 2. The summed E-state index contributed by atoms with van der Waals surface area (Å²) in [5, 5.41) is 4.55. The fourth-order valence-corrected chi connectivity index (χ4v) is 1.69. The fraction of sp³-hybridized carbons (Fsp3) is 0. The first-order valence-electron chi connectivity index (χ1n) is 4.07. The van der Waals surface area contributed by atoms with Gasteiger partial charge in [-0.3, -0.25) is 4.79 Å². The number of halogens is 1. The normalized spacial score (nSPS) is 9.93. The van der Waals surface area contributed by atoms with Crippen molar-refractivity contribution in [2.24, 2.45) is 0 Å². The zero-order valence-electron chi connectivity index (χ0n) is 7.48. The van der Waals surface area contributed by atoms with E-state index in [2.05, 4.69) is 15.3 Å². The van der Waals surface area contributed by atoms with E-state index < -0.39 is 0 Å². The molecule has 0 saturated heterocycles. The first-order valence-corrected chi connectivity index (χ1v) is 5.39. The molecule has 0 unspecified atom stereocenters. The fourth-order valence-electron chi connectivity index (χ4n) is 0.990. The number of anilines is 1. The van der Waals surface area contributed by atoms with E-state index in [1.807, 2.05) is 0 Å². The van der Waals surface area contributed by atoms with E-state index in [4.69, 9.17) is 11.6 Å². The number of pyridine rings is 1. The maximum atomic E-state index is 11.6. The Balaban J connectivity index is 2.17. The summed E-state index contributed by atoms with van der Waals surface area (Å²) in [6, 6.07) is 3.38. The monoisotopic (exact) mass is 239 g/mol. The van der Waals surface area contributed by atoms with E-state index in [1.165, 1.54) is 11.3 Å². The van der Waals surface area contributed by atoms with Gasteiger partial charge >= 0.3 is 0 Å². The highest BCUT2D eigenvalue weighted by atomic mass is 35.5. The topological polar surface area (TPSA) is 54.9 Å². The summed E-state index contributed by atoms with van der Waals surface area (Å²) in [6.45, 7) is 0. The minimum atomic E-state index is -0.286. The molecule has 0 atom stereocenters. The van der Waals surface area contributed by atoms with Crippen molar-refractivity contribution >= 4 is 34.5 Å². The van der Waals surface area contributed by atoms with Gasteiger partial charge < -0.3 is 5.32 Å². The van der Waals surface area contributed by atoms with Gasteiger partial charge in [-0.15, -0.1) is 11.3 Å². The number of amides is 1. The van der Waals surface area contributed by atoms with Gasteiger partial charge in [0.1, 0.15) is 5.69 Å². The summed E-state index contributed by atoms with van der Waals surface area (Å²) in [6.07, 6.45) is 1.56. The highest BCUT2D eigenvalue weighted by Crippen LogP contribution is 2.18. The predicted octanol–water partition coefficient (Wildman–Crippen LogP) is 2.44. The van der Waals surface area contributed by atoms with E-state index in [0.717, 1.165) is 0 Å². The Morgan fingerprint density at radius 1 is 1.47 bits per heavy atom. The minimum Gasteiger partial charge on any atom is -0.318 e. The molecule has 2 aromatic heterocycles. The number of hydrogen-bond acceptors (Lipinski definition) is 4. The molecule has 2 aromatic rings. The molecule has 0 fully saturated rings. The third kappa shape index (κ3) is 2.31. The van der Waals surface area contributed by atoms with E-state index in [9.17, 15) is 4.79 Å². The Hall–Kier alpha value is -1.46. The van der Waals surface area contributed by atoms with E-state index in [1.54, 1.807) is 29.2 Å². The standard InChI is InChI=1S/C9H6ClN3OS/c10-8-6(2-1-3-11-8)13-9(14)7-4-15-5-12-7/h1-5H,(H,13,14). The van der Waals surface area contributed by atoms with Crippen LogP contribution in [0, 0.1) is 0 Å². The Labute approximate surface area is 94.9 Å². The highest BCUT2D eigenvalue weighted by molar-refractivity contribution is 7.07. The van der Waals surface area contributed by atoms with Crippen molar-refractivity contribution in [3.8, 4) is 0 Å². The van der Waals surface area contributed by atoms with Crippen LogP contribution < -0.4 is 5.32 Å². The lowest BCUT2D eigenvalue weighted by Crippen LogP contribution is -2.12. The van der Waals surface area contributed by atoms with Gasteiger partial charge in [0.15, 0.2) is 5.15 Å². The molecule has 0 spiro atoms. The van der Waals surface area contributed by atoms with Gasteiger partial charge in [-0.1, -0.05) is 11.6 Å². The van der Waals surface area contributed by atoms with Gasteiger partial charge in [0.25, 0.3) is 5.91 Å². The van der Waals surface area contributed by atoms with Gasteiger partial charge in [-0.2, -0.15) is 0 Å². The molecule has 4 nitrogen and oxygen atoms in total. The Morgan fingerprint density at radius 3 is 3.00 bits per heavy atom. The zero-order valence-corrected chi connectivity index (χ0v) is 9.05. The number of nitrogens with zero attached hydrogens (tertiary/aromatic N) is 2. The quantitative estimate of drug-likeness (QED) is 0.819. The minimum absolute atomic E-state index is 0.265. The second-order valence-electron chi connectivity index (χ2n) is 2.67. The molecule has 0 aliphatic heterocycles. The summed E-state index contributed by atoms with van der Waals surface area (Å²) in [7, 11) is 0. The van der Waals surface area contributed by atoms with E-state index in [-0.39, 0.29) is 11.1 Å². The van der Waals surface area contributed by atoms with Gasteiger partial charge in [0, 0.05) is 11.6 Å². The first-order chi connectivity index (χ1) is 7.27. The molecule has 0 radical (unpaired) electrons. The number of rotatable bonds is 2. The molecule has 2 rings (SSSR count).